The zero-order valence-corrected chi connectivity index (χ0v) is 11.7. The van der Waals surface area contributed by atoms with Crippen molar-refractivity contribution in [2.45, 2.75) is 57.8 Å². The highest BCUT2D eigenvalue weighted by Gasteiger charge is 2.38. The lowest BCUT2D eigenvalue weighted by atomic mass is 10.2. The maximum atomic E-state index is 10.5. The van der Waals surface area contributed by atoms with Crippen LogP contribution >= 0.6 is 0 Å². The van der Waals surface area contributed by atoms with Crippen LogP contribution in [0.1, 0.15) is 33.6 Å². The number of rotatable bonds is 6. The molecule has 2 nitrogen and oxygen atoms in total. The summed E-state index contributed by atoms with van der Waals surface area (Å²) >= 11 is 0. The van der Waals surface area contributed by atoms with Gasteiger partial charge in [-0.15, -0.1) is 6.58 Å². The highest BCUT2D eigenvalue weighted by molar-refractivity contribution is 6.74. The highest BCUT2D eigenvalue weighted by atomic mass is 28.4. The van der Waals surface area contributed by atoms with Crippen LogP contribution < -0.4 is 0 Å². The minimum atomic E-state index is -1.75. The first-order chi connectivity index (χ1) is 6.74. The molecule has 0 heterocycles. The van der Waals surface area contributed by atoms with Crippen LogP contribution in [0.3, 0.4) is 0 Å². The Morgan fingerprint density at radius 3 is 2.20 bits per heavy atom. The van der Waals surface area contributed by atoms with Crippen molar-refractivity contribution < 1.29 is 9.22 Å². The van der Waals surface area contributed by atoms with Crippen molar-refractivity contribution in [2.75, 3.05) is 0 Å². The molecule has 0 unspecified atom stereocenters. The first kappa shape index (κ1) is 14.6. The molecule has 0 saturated heterocycles. The molecule has 0 bridgehead atoms. The van der Waals surface area contributed by atoms with Crippen LogP contribution in [0.15, 0.2) is 12.7 Å². The maximum Gasteiger partial charge on any atom is 0.192 e. The molecule has 88 valence electrons. The van der Waals surface area contributed by atoms with Crippen LogP contribution in [0, 0.1) is 0 Å². The van der Waals surface area contributed by atoms with Crippen molar-refractivity contribution in [1.29, 1.82) is 0 Å². The van der Waals surface area contributed by atoms with E-state index in [1.165, 1.54) is 0 Å². The van der Waals surface area contributed by atoms with E-state index in [4.69, 9.17) is 4.43 Å². The first-order valence-electron chi connectivity index (χ1n) is 5.47. The third-order valence-electron chi connectivity index (χ3n) is 3.06. The topological polar surface area (TPSA) is 26.3 Å². The molecular formula is C12H24O2Si. The van der Waals surface area contributed by atoms with Crippen molar-refractivity contribution in [3.05, 3.63) is 12.7 Å². The van der Waals surface area contributed by atoms with E-state index in [1.54, 1.807) is 0 Å². The molecule has 0 radical (unpaired) electrons. The van der Waals surface area contributed by atoms with E-state index < -0.39 is 8.32 Å². The number of hydrogen-bond donors (Lipinski definition) is 0. The Morgan fingerprint density at radius 1 is 1.33 bits per heavy atom. The Morgan fingerprint density at radius 2 is 1.87 bits per heavy atom. The summed E-state index contributed by atoms with van der Waals surface area (Å²) in [7, 11) is -1.75. The third-order valence-corrected chi connectivity index (χ3v) is 7.59. The average molecular weight is 228 g/mol. The fraction of sp³-hybridized carbons (Fsp3) is 0.750. The highest BCUT2D eigenvalue weighted by Crippen LogP contribution is 2.37. The summed E-state index contributed by atoms with van der Waals surface area (Å²) in [6.45, 7) is 14.7. The van der Waals surface area contributed by atoms with E-state index in [9.17, 15) is 4.79 Å². The van der Waals surface area contributed by atoms with Crippen molar-refractivity contribution in [1.82, 2.24) is 0 Å². The lowest BCUT2D eigenvalue weighted by Gasteiger charge is -2.38. The molecule has 15 heavy (non-hydrogen) atoms. The molecule has 0 aromatic heterocycles. The standard InChI is InChI=1S/C12H24O2Si/c1-7-8-11(9-10-13)14-15(5,6)12(2,3)4/h7,10-11H,1,8-9H2,2-6H3/t11-/m1/s1. The van der Waals surface area contributed by atoms with Gasteiger partial charge < -0.3 is 9.22 Å². The third kappa shape index (κ3) is 4.75. The SMILES string of the molecule is C=CC[C@H](CC=O)O[Si](C)(C)C(C)(C)C. The van der Waals surface area contributed by atoms with Gasteiger partial charge in [-0.2, -0.15) is 0 Å². The molecule has 0 fully saturated rings. The summed E-state index contributed by atoms with van der Waals surface area (Å²) in [6, 6.07) is 0. The smallest absolute Gasteiger partial charge is 0.192 e. The Bertz CT molecular complexity index is 206. The summed E-state index contributed by atoms with van der Waals surface area (Å²) < 4.78 is 6.12. The van der Waals surface area contributed by atoms with Crippen molar-refractivity contribution in [2.24, 2.45) is 0 Å². The van der Waals surface area contributed by atoms with Crippen molar-refractivity contribution in [3.63, 3.8) is 0 Å². The molecule has 0 aliphatic carbocycles. The van der Waals surface area contributed by atoms with Gasteiger partial charge in [0.1, 0.15) is 6.29 Å². The Balaban J connectivity index is 4.50. The van der Waals surface area contributed by atoms with E-state index in [0.717, 1.165) is 12.7 Å². The predicted octanol–water partition coefficient (Wildman–Crippen LogP) is 3.54. The largest absolute Gasteiger partial charge is 0.413 e. The lowest BCUT2D eigenvalue weighted by molar-refractivity contribution is -0.109. The molecular weight excluding hydrogens is 204 g/mol. The van der Waals surface area contributed by atoms with Crippen LogP contribution in [-0.2, 0) is 9.22 Å². The van der Waals surface area contributed by atoms with Gasteiger partial charge in [0.2, 0.25) is 0 Å². The molecule has 0 N–H and O–H groups in total. The molecule has 0 amide bonds. The molecule has 0 rings (SSSR count). The predicted molar refractivity (Wildman–Crippen MR) is 67.6 cm³/mol. The van der Waals surface area contributed by atoms with Gasteiger partial charge >= 0.3 is 0 Å². The second kappa shape index (κ2) is 5.61. The van der Waals surface area contributed by atoms with Gasteiger partial charge in [-0.05, 0) is 24.6 Å². The molecule has 0 aromatic rings. The quantitative estimate of drug-likeness (QED) is 0.395. The number of aldehydes is 1. The van der Waals surface area contributed by atoms with Gasteiger partial charge in [0.25, 0.3) is 0 Å². The van der Waals surface area contributed by atoms with Crippen LogP contribution in [0.2, 0.25) is 18.1 Å². The fourth-order valence-electron chi connectivity index (χ4n) is 1.08. The molecule has 0 aliphatic heterocycles. The van der Waals surface area contributed by atoms with Gasteiger partial charge in [-0.1, -0.05) is 26.8 Å². The van der Waals surface area contributed by atoms with E-state index in [2.05, 4.69) is 40.4 Å². The van der Waals surface area contributed by atoms with E-state index in [1.807, 2.05) is 6.08 Å². The molecule has 0 spiro atoms. The summed E-state index contributed by atoms with van der Waals surface area (Å²) in [4.78, 5) is 10.5. The lowest BCUT2D eigenvalue weighted by Crippen LogP contribution is -2.43. The monoisotopic (exact) mass is 228 g/mol. The van der Waals surface area contributed by atoms with Crippen molar-refractivity contribution in [3.8, 4) is 0 Å². The molecule has 0 aromatic carbocycles. The summed E-state index contributed by atoms with van der Waals surface area (Å²) in [6.07, 6.45) is 3.99. The maximum absolute atomic E-state index is 10.5. The zero-order valence-electron chi connectivity index (χ0n) is 10.7. The zero-order chi connectivity index (χ0) is 12.1. The molecule has 0 saturated carbocycles. The van der Waals surface area contributed by atoms with Crippen molar-refractivity contribution >= 4 is 14.6 Å². The summed E-state index contributed by atoms with van der Waals surface area (Å²) in [5.74, 6) is 0. The Hall–Kier alpha value is -0.413. The Kier molecular flexibility index (Phi) is 5.46. The molecule has 1 atom stereocenters. The van der Waals surface area contributed by atoms with Gasteiger partial charge in [0.05, 0.1) is 6.10 Å². The number of carbonyl (C=O) groups is 1. The second-order valence-corrected chi connectivity index (χ2v) is 10.2. The van der Waals surface area contributed by atoms with Gasteiger partial charge in [-0.3, -0.25) is 0 Å². The van der Waals surface area contributed by atoms with Gasteiger partial charge in [-0.25, -0.2) is 0 Å². The van der Waals surface area contributed by atoms with Gasteiger partial charge in [0.15, 0.2) is 8.32 Å². The minimum Gasteiger partial charge on any atom is -0.413 e. The number of carbonyl (C=O) groups excluding carboxylic acids is 1. The van der Waals surface area contributed by atoms with Crippen LogP contribution in [0.4, 0.5) is 0 Å². The first-order valence-corrected chi connectivity index (χ1v) is 8.38. The second-order valence-electron chi connectivity index (χ2n) is 5.43. The van der Waals surface area contributed by atoms with E-state index in [0.29, 0.717) is 6.42 Å². The fourth-order valence-corrected chi connectivity index (χ4v) is 2.46. The molecule has 3 heteroatoms. The minimum absolute atomic E-state index is 0.0147. The van der Waals surface area contributed by atoms with Crippen LogP contribution in [-0.4, -0.2) is 20.7 Å². The van der Waals surface area contributed by atoms with E-state index >= 15 is 0 Å². The Labute approximate surface area is 94.8 Å². The average Bonchev–Trinajstić information content (AvgIpc) is 2.02. The van der Waals surface area contributed by atoms with Gasteiger partial charge in [0, 0.05) is 6.42 Å². The van der Waals surface area contributed by atoms with E-state index in [-0.39, 0.29) is 11.1 Å². The molecule has 0 aliphatic rings. The summed E-state index contributed by atoms with van der Waals surface area (Å²) in [5, 5.41) is 0.190. The number of hydrogen-bond acceptors (Lipinski definition) is 2. The summed E-state index contributed by atoms with van der Waals surface area (Å²) in [5.41, 5.74) is 0. The van der Waals surface area contributed by atoms with Crippen LogP contribution in [0.25, 0.3) is 0 Å². The normalized spacial score (nSPS) is 14.7. The van der Waals surface area contributed by atoms with Crippen LogP contribution in [0.5, 0.6) is 0 Å².